The summed E-state index contributed by atoms with van der Waals surface area (Å²) in [5.74, 6) is 1.42. The first-order valence-electron chi connectivity index (χ1n) is 7.14. The Labute approximate surface area is 127 Å². The van der Waals surface area contributed by atoms with Crippen LogP contribution in [-0.2, 0) is 17.9 Å². The van der Waals surface area contributed by atoms with Gasteiger partial charge in [0.1, 0.15) is 12.2 Å². The molecule has 5 nitrogen and oxygen atoms in total. The van der Waals surface area contributed by atoms with Gasteiger partial charge in [-0.15, -0.1) is 0 Å². The second-order valence-electron chi connectivity index (χ2n) is 5.63. The van der Waals surface area contributed by atoms with Crippen LogP contribution in [0.1, 0.15) is 23.7 Å². The second kappa shape index (κ2) is 4.84. The van der Waals surface area contributed by atoms with Crippen molar-refractivity contribution in [2.75, 3.05) is 6.54 Å². The van der Waals surface area contributed by atoms with Gasteiger partial charge in [-0.2, -0.15) is 5.10 Å². The zero-order chi connectivity index (χ0) is 14.4. The van der Waals surface area contributed by atoms with Gasteiger partial charge in [-0.1, -0.05) is 29.8 Å². The molecule has 1 aliphatic heterocycles. The molecule has 2 atom stereocenters. The minimum absolute atomic E-state index is 0.0689. The van der Waals surface area contributed by atoms with E-state index in [1.54, 1.807) is 6.33 Å². The minimum Gasteiger partial charge on any atom is -0.333 e. The Morgan fingerprint density at radius 1 is 1.29 bits per heavy atom. The number of hydrogen-bond donors (Lipinski definition) is 0. The SMILES string of the molecule is O=C(C1CC1c1ccccc1Cl)N1CCn2ncnc2C1. The van der Waals surface area contributed by atoms with Gasteiger partial charge in [0.25, 0.3) is 0 Å². The van der Waals surface area contributed by atoms with Gasteiger partial charge in [0.2, 0.25) is 5.91 Å². The molecule has 21 heavy (non-hydrogen) atoms. The molecule has 0 radical (unpaired) electrons. The van der Waals surface area contributed by atoms with Gasteiger partial charge in [-0.3, -0.25) is 4.79 Å². The van der Waals surface area contributed by atoms with E-state index < -0.39 is 0 Å². The van der Waals surface area contributed by atoms with Crippen molar-refractivity contribution in [3.8, 4) is 0 Å². The summed E-state index contributed by atoms with van der Waals surface area (Å²) in [7, 11) is 0. The van der Waals surface area contributed by atoms with Crippen LogP contribution in [0.25, 0.3) is 0 Å². The molecule has 2 aromatic rings. The van der Waals surface area contributed by atoms with Crippen molar-refractivity contribution >= 4 is 17.5 Å². The zero-order valence-corrected chi connectivity index (χ0v) is 12.2. The normalized spacial score (nSPS) is 23.8. The molecule has 2 aliphatic rings. The molecule has 1 amide bonds. The monoisotopic (exact) mass is 302 g/mol. The van der Waals surface area contributed by atoms with E-state index in [0.29, 0.717) is 13.1 Å². The third-order valence-corrected chi connectivity index (χ3v) is 4.68. The molecule has 1 fully saturated rings. The Morgan fingerprint density at radius 3 is 3.00 bits per heavy atom. The summed E-state index contributed by atoms with van der Waals surface area (Å²) in [6.07, 6.45) is 2.44. The van der Waals surface area contributed by atoms with Gasteiger partial charge >= 0.3 is 0 Å². The predicted octanol–water partition coefficient (Wildman–Crippen LogP) is 2.08. The van der Waals surface area contributed by atoms with Gasteiger partial charge in [-0.05, 0) is 24.0 Å². The van der Waals surface area contributed by atoms with Crippen LogP contribution in [-0.4, -0.2) is 32.1 Å². The van der Waals surface area contributed by atoms with Gasteiger partial charge < -0.3 is 4.90 Å². The van der Waals surface area contributed by atoms with Gasteiger partial charge in [0.15, 0.2) is 0 Å². The highest BCUT2D eigenvalue weighted by atomic mass is 35.5. The first kappa shape index (κ1) is 12.8. The van der Waals surface area contributed by atoms with E-state index in [1.165, 1.54) is 0 Å². The van der Waals surface area contributed by atoms with Gasteiger partial charge in [0, 0.05) is 17.5 Å². The maximum absolute atomic E-state index is 12.6. The average Bonchev–Trinajstić information content (AvgIpc) is 3.15. The highest BCUT2D eigenvalue weighted by Gasteiger charge is 2.46. The molecule has 1 aliphatic carbocycles. The molecule has 0 N–H and O–H groups in total. The molecule has 2 unspecified atom stereocenters. The topological polar surface area (TPSA) is 51.0 Å². The van der Waals surface area contributed by atoms with E-state index in [9.17, 15) is 4.79 Å². The third kappa shape index (κ3) is 2.21. The number of aromatic nitrogens is 3. The fourth-order valence-corrected chi connectivity index (χ4v) is 3.35. The van der Waals surface area contributed by atoms with E-state index in [-0.39, 0.29) is 17.7 Å². The number of fused-ring (bicyclic) bond motifs is 1. The second-order valence-corrected chi connectivity index (χ2v) is 6.04. The summed E-state index contributed by atoms with van der Waals surface area (Å²) in [4.78, 5) is 18.7. The molecular formula is C15H15ClN4O. The van der Waals surface area contributed by atoms with Crippen molar-refractivity contribution in [1.29, 1.82) is 0 Å². The highest BCUT2D eigenvalue weighted by Crippen LogP contribution is 2.50. The standard InChI is InChI=1S/C15H15ClN4O/c16-13-4-2-1-3-10(13)11-7-12(11)15(21)19-5-6-20-14(8-19)17-9-18-20/h1-4,9,11-12H,5-8H2. The maximum Gasteiger partial charge on any atom is 0.226 e. The Morgan fingerprint density at radius 2 is 2.14 bits per heavy atom. The summed E-state index contributed by atoms with van der Waals surface area (Å²) in [5.41, 5.74) is 1.10. The Bertz CT molecular complexity index is 698. The first-order chi connectivity index (χ1) is 10.2. The maximum atomic E-state index is 12.6. The number of hydrogen-bond acceptors (Lipinski definition) is 3. The summed E-state index contributed by atoms with van der Waals surface area (Å²) in [5, 5.41) is 4.90. The first-order valence-corrected chi connectivity index (χ1v) is 7.52. The number of amides is 1. The van der Waals surface area contributed by atoms with Crippen molar-refractivity contribution in [3.63, 3.8) is 0 Å². The highest BCUT2D eigenvalue weighted by molar-refractivity contribution is 6.31. The van der Waals surface area contributed by atoms with Crippen molar-refractivity contribution < 1.29 is 4.79 Å². The van der Waals surface area contributed by atoms with Crippen LogP contribution in [0.2, 0.25) is 5.02 Å². The predicted molar refractivity (Wildman–Crippen MR) is 77.7 cm³/mol. The van der Waals surface area contributed by atoms with Crippen LogP contribution in [0.3, 0.4) is 0 Å². The molecule has 1 saturated carbocycles. The van der Waals surface area contributed by atoms with Crippen LogP contribution in [0.15, 0.2) is 30.6 Å². The van der Waals surface area contributed by atoms with Gasteiger partial charge in [-0.25, -0.2) is 9.67 Å². The van der Waals surface area contributed by atoms with Crippen LogP contribution in [0.5, 0.6) is 0 Å². The minimum atomic E-state index is 0.0689. The van der Waals surface area contributed by atoms with E-state index in [1.807, 2.05) is 33.8 Å². The molecular weight excluding hydrogens is 288 g/mol. The summed E-state index contributed by atoms with van der Waals surface area (Å²) < 4.78 is 1.86. The molecule has 1 aromatic carbocycles. The van der Waals surface area contributed by atoms with Gasteiger partial charge in [0.05, 0.1) is 13.1 Å². The smallest absolute Gasteiger partial charge is 0.226 e. The van der Waals surface area contributed by atoms with E-state index in [2.05, 4.69) is 10.1 Å². The number of benzene rings is 1. The van der Waals surface area contributed by atoms with E-state index in [0.717, 1.165) is 29.4 Å². The number of rotatable bonds is 2. The van der Waals surface area contributed by atoms with Crippen molar-refractivity contribution in [2.24, 2.45) is 5.92 Å². The molecule has 2 heterocycles. The molecule has 0 bridgehead atoms. The molecule has 6 heteroatoms. The Balaban J connectivity index is 1.47. The van der Waals surface area contributed by atoms with Crippen molar-refractivity contribution in [1.82, 2.24) is 19.7 Å². The summed E-state index contributed by atoms with van der Waals surface area (Å²) >= 11 is 6.22. The van der Waals surface area contributed by atoms with E-state index in [4.69, 9.17) is 11.6 Å². The van der Waals surface area contributed by atoms with Crippen LogP contribution in [0.4, 0.5) is 0 Å². The molecule has 0 saturated heterocycles. The molecule has 4 rings (SSSR count). The average molecular weight is 303 g/mol. The lowest BCUT2D eigenvalue weighted by molar-refractivity contribution is -0.134. The fourth-order valence-electron chi connectivity index (χ4n) is 3.07. The molecule has 1 aromatic heterocycles. The zero-order valence-electron chi connectivity index (χ0n) is 11.4. The van der Waals surface area contributed by atoms with E-state index >= 15 is 0 Å². The molecule has 108 valence electrons. The third-order valence-electron chi connectivity index (χ3n) is 4.33. The largest absolute Gasteiger partial charge is 0.333 e. The van der Waals surface area contributed by atoms with Crippen molar-refractivity contribution in [3.05, 3.63) is 47.0 Å². The fraction of sp³-hybridized carbons (Fsp3) is 0.400. The summed E-state index contributed by atoms with van der Waals surface area (Å²) in [6.45, 7) is 2.00. The van der Waals surface area contributed by atoms with Crippen LogP contribution >= 0.6 is 11.6 Å². The quantitative estimate of drug-likeness (QED) is 0.853. The van der Waals surface area contributed by atoms with Crippen LogP contribution < -0.4 is 0 Å². The number of nitrogens with zero attached hydrogens (tertiary/aromatic N) is 4. The van der Waals surface area contributed by atoms with Crippen molar-refractivity contribution in [2.45, 2.75) is 25.4 Å². The lowest BCUT2D eigenvalue weighted by Gasteiger charge is -2.27. The number of carbonyl (C=O) groups is 1. The van der Waals surface area contributed by atoms with Crippen LogP contribution in [0, 0.1) is 5.92 Å². The molecule has 0 spiro atoms. The lowest BCUT2D eigenvalue weighted by Crippen LogP contribution is -2.39. The number of halogens is 1. The Kier molecular flexibility index (Phi) is 2.96. The summed E-state index contributed by atoms with van der Waals surface area (Å²) in [6, 6.07) is 7.81. The lowest BCUT2D eigenvalue weighted by atomic mass is 10.1. The Hall–Kier alpha value is -1.88. The number of carbonyl (C=O) groups excluding carboxylic acids is 1.